The molecule has 6 nitrogen and oxygen atoms in total. The van der Waals surface area contributed by atoms with E-state index in [1.54, 1.807) is 48.5 Å². The van der Waals surface area contributed by atoms with Crippen molar-refractivity contribution in [3.63, 3.8) is 0 Å². The Balaban J connectivity index is 1.39. The van der Waals surface area contributed by atoms with E-state index in [0.29, 0.717) is 17.2 Å². The Kier molecular flexibility index (Phi) is 6.62. The molecule has 0 heterocycles. The zero-order chi connectivity index (χ0) is 19.6. The lowest BCUT2D eigenvalue weighted by Gasteiger charge is -2.09. The smallest absolute Gasteiger partial charge is 0.344 e. The van der Waals surface area contributed by atoms with Gasteiger partial charge in [0.15, 0.2) is 13.2 Å². The van der Waals surface area contributed by atoms with Crippen molar-refractivity contribution < 1.29 is 23.8 Å². The monoisotopic (exact) mass is 377 g/mol. The maximum atomic E-state index is 11.7. The van der Waals surface area contributed by atoms with Gasteiger partial charge in [0.05, 0.1) is 0 Å². The van der Waals surface area contributed by atoms with Gasteiger partial charge in [-0.2, -0.15) is 0 Å². The minimum Gasteiger partial charge on any atom is -0.482 e. The molecule has 1 N–H and O–H groups in total. The van der Waals surface area contributed by atoms with Crippen LogP contribution >= 0.6 is 0 Å². The fourth-order valence-electron chi connectivity index (χ4n) is 2.28. The summed E-state index contributed by atoms with van der Waals surface area (Å²) in [5.74, 6) is 0.827. The number of ether oxygens (including phenoxy) is 3. The number of nitrogens with one attached hydrogen (secondary N) is 1. The molecule has 3 aromatic rings. The van der Waals surface area contributed by atoms with Crippen molar-refractivity contribution >= 4 is 17.6 Å². The SMILES string of the molecule is O=C(COC(=O)COc1ccc(Oc2ccccc2)cc1)Nc1ccccc1. The normalized spacial score (nSPS) is 10.0. The first kappa shape index (κ1) is 19.0. The van der Waals surface area contributed by atoms with Crippen LogP contribution < -0.4 is 14.8 Å². The van der Waals surface area contributed by atoms with E-state index in [4.69, 9.17) is 14.2 Å². The summed E-state index contributed by atoms with van der Waals surface area (Å²) < 4.78 is 15.9. The van der Waals surface area contributed by atoms with Crippen LogP contribution in [0.2, 0.25) is 0 Å². The lowest BCUT2D eigenvalue weighted by atomic mass is 10.3. The molecule has 0 aromatic heterocycles. The molecule has 3 rings (SSSR count). The maximum Gasteiger partial charge on any atom is 0.344 e. The second kappa shape index (κ2) is 9.78. The number of carbonyl (C=O) groups excluding carboxylic acids is 2. The van der Waals surface area contributed by atoms with Crippen LogP contribution in [0, 0.1) is 0 Å². The molecule has 28 heavy (non-hydrogen) atoms. The van der Waals surface area contributed by atoms with E-state index in [1.165, 1.54) is 0 Å². The van der Waals surface area contributed by atoms with E-state index >= 15 is 0 Å². The van der Waals surface area contributed by atoms with Crippen molar-refractivity contribution in [3.8, 4) is 17.2 Å². The number of benzene rings is 3. The number of anilines is 1. The molecule has 1 amide bonds. The van der Waals surface area contributed by atoms with Crippen LogP contribution in [0.5, 0.6) is 17.2 Å². The van der Waals surface area contributed by atoms with Crippen LogP contribution in [0.3, 0.4) is 0 Å². The fourth-order valence-corrected chi connectivity index (χ4v) is 2.28. The van der Waals surface area contributed by atoms with Gasteiger partial charge in [-0.15, -0.1) is 0 Å². The predicted octanol–water partition coefficient (Wildman–Crippen LogP) is 4.04. The highest BCUT2D eigenvalue weighted by Crippen LogP contribution is 2.23. The van der Waals surface area contributed by atoms with Crippen molar-refractivity contribution in [2.45, 2.75) is 0 Å². The van der Waals surface area contributed by atoms with Crippen molar-refractivity contribution in [3.05, 3.63) is 84.9 Å². The molecule has 0 saturated carbocycles. The Labute approximate surface area is 162 Å². The van der Waals surface area contributed by atoms with Crippen LogP contribution in [-0.4, -0.2) is 25.1 Å². The molecule has 0 radical (unpaired) electrons. The number of hydrogen-bond donors (Lipinski definition) is 1. The van der Waals surface area contributed by atoms with Crippen molar-refractivity contribution in [2.75, 3.05) is 18.5 Å². The minimum atomic E-state index is -0.632. The molecule has 3 aromatic carbocycles. The summed E-state index contributed by atoms with van der Waals surface area (Å²) in [5, 5.41) is 2.63. The van der Waals surface area contributed by atoms with Crippen LogP contribution in [0.15, 0.2) is 84.9 Å². The molecule has 6 heteroatoms. The molecule has 0 atom stereocenters. The standard InChI is InChI=1S/C22H19NO5/c24-21(23-17-7-3-1-4-8-17)15-27-22(25)16-26-18-11-13-20(14-12-18)28-19-9-5-2-6-10-19/h1-14H,15-16H2,(H,23,24). The van der Waals surface area contributed by atoms with Gasteiger partial charge in [-0.1, -0.05) is 36.4 Å². The Morgan fingerprint density at radius 1 is 0.679 bits per heavy atom. The van der Waals surface area contributed by atoms with Gasteiger partial charge in [0.25, 0.3) is 5.91 Å². The largest absolute Gasteiger partial charge is 0.482 e. The second-order valence-corrected chi connectivity index (χ2v) is 5.75. The third-order valence-electron chi connectivity index (χ3n) is 3.58. The van der Waals surface area contributed by atoms with Gasteiger partial charge in [-0.3, -0.25) is 4.79 Å². The molecular formula is C22H19NO5. The zero-order valence-electron chi connectivity index (χ0n) is 15.0. The highest BCUT2D eigenvalue weighted by Gasteiger charge is 2.09. The number of rotatable bonds is 8. The average molecular weight is 377 g/mol. The highest BCUT2D eigenvalue weighted by molar-refractivity contribution is 5.92. The summed E-state index contributed by atoms with van der Waals surface area (Å²) in [6.45, 7) is -0.668. The van der Waals surface area contributed by atoms with Gasteiger partial charge in [-0.25, -0.2) is 4.79 Å². The van der Waals surface area contributed by atoms with E-state index in [2.05, 4.69) is 5.32 Å². The summed E-state index contributed by atoms with van der Waals surface area (Å²) in [6, 6.07) is 25.2. The third-order valence-corrected chi connectivity index (χ3v) is 3.58. The van der Waals surface area contributed by atoms with Crippen molar-refractivity contribution in [1.29, 1.82) is 0 Å². The topological polar surface area (TPSA) is 73.9 Å². The second-order valence-electron chi connectivity index (χ2n) is 5.75. The van der Waals surface area contributed by atoms with Gasteiger partial charge in [0, 0.05) is 5.69 Å². The highest BCUT2D eigenvalue weighted by atomic mass is 16.6. The van der Waals surface area contributed by atoms with Gasteiger partial charge in [-0.05, 0) is 48.5 Å². The summed E-state index contributed by atoms with van der Waals surface area (Å²) in [5.41, 5.74) is 0.637. The van der Waals surface area contributed by atoms with E-state index < -0.39 is 11.9 Å². The molecule has 0 aliphatic rings. The predicted molar refractivity (Wildman–Crippen MR) is 104 cm³/mol. The van der Waals surface area contributed by atoms with E-state index in [-0.39, 0.29) is 13.2 Å². The third kappa shape index (κ3) is 6.17. The molecule has 0 aliphatic heterocycles. The zero-order valence-corrected chi connectivity index (χ0v) is 15.0. The Hall–Kier alpha value is -3.80. The van der Waals surface area contributed by atoms with E-state index in [1.807, 2.05) is 36.4 Å². The lowest BCUT2D eigenvalue weighted by molar-refractivity contribution is -0.149. The minimum absolute atomic E-state index is 0.294. The van der Waals surface area contributed by atoms with E-state index in [0.717, 1.165) is 5.75 Å². The van der Waals surface area contributed by atoms with Crippen LogP contribution in [-0.2, 0) is 14.3 Å². The molecule has 0 spiro atoms. The molecule has 0 aliphatic carbocycles. The van der Waals surface area contributed by atoms with Crippen LogP contribution in [0.1, 0.15) is 0 Å². The summed E-state index contributed by atoms with van der Waals surface area (Å²) >= 11 is 0. The average Bonchev–Trinajstić information content (AvgIpc) is 2.73. The maximum absolute atomic E-state index is 11.7. The molecule has 0 unspecified atom stereocenters. The van der Waals surface area contributed by atoms with Crippen molar-refractivity contribution in [1.82, 2.24) is 0 Å². The first-order valence-corrected chi connectivity index (χ1v) is 8.65. The number of para-hydroxylation sites is 2. The molecular weight excluding hydrogens is 358 g/mol. The van der Waals surface area contributed by atoms with Gasteiger partial charge >= 0.3 is 5.97 Å². The quantitative estimate of drug-likeness (QED) is 0.600. The van der Waals surface area contributed by atoms with Gasteiger partial charge in [0.2, 0.25) is 0 Å². The Bertz CT molecular complexity index is 895. The number of esters is 1. The first-order chi connectivity index (χ1) is 13.7. The summed E-state index contributed by atoms with van der Waals surface area (Å²) in [4.78, 5) is 23.5. The summed E-state index contributed by atoms with van der Waals surface area (Å²) in [7, 11) is 0. The van der Waals surface area contributed by atoms with Crippen molar-refractivity contribution in [2.24, 2.45) is 0 Å². The Morgan fingerprint density at radius 2 is 1.25 bits per heavy atom. The number of amides is 1. The molecule has 0 bridgehead atoms. The fraction of sp³-hybridized carbons (Fsp3) is 0.0909. The number of hydrogen-bond acceptors (Lipinski definition) is 5. The van der Waals surface area contributed by atoms with Crippen LogP contribution in [0.25, 0.3) is 0 Å². The van der Waals surface area contributed by atoms with E-state index in [9.17, 15) is 9.59 Å². The lowest BCUT2D eigenvalue weighted by Crippen LogP contribution is -2.23. The molecule has 0 saturated heterocycles. The Morgan fingerprint density at radius 3 is 1.93 bits per heavy atom. The summed E-state index contributed by atoms with van der Waals surface area (Å²) in [6.07, 6.45) is 0. The van der Waals surface area contributed by atoms with Gasteiger partial charge in [0.1, 0.15) is 17.2 Å². The first-order valence-electron chi connectivity index (χ1n) is 8.65. The van der Waals surface area contributed by atoms with Gasteiger partial charge < -0.3 is 19.5 Å². The molecule has 142 valence electrons. The number of carbonyl (C=O) groups is 2. The molecule has 0 fully saturated rings. The van der Waals surface area contributed by atoms with Crippen LogP contribution in [0.4, 0.5) is 5.69 Å².